The summed E-state index contributed by atoms with van der Waals surface area (Å²) in [5.41, 5.74) is 6.06. The minimum absolute atomic E-state index is 0.137. The van der Waals surface area contributed by atoms with Crippen LogP contribution in [0.2, 0.25) is 0 Å². The summed E-state index contributed by atoms with van der Waals surface area (Å²) in [5.74, 6) is 0.117. The summed E-state index contributed by atoms with van der Waals surface area (Å²) in [4.78, 5) is 23.0. The fraction of sp³-hybridized carbons (Fsp3) is 0.409. The lowest BCUT2D eigenvalue weighted by molar-refractivity contribution is 0.0691. The molecule has 2 atom stereocenters. The average Bonchev–Trinajstić information content (AvgIpc) is 3.48. The maximum absolute atomic E-state index is 14.1. The smallest absolute Gasteiger partial charge is 0.264 e. The first-order valence-electron chi connectivity index (χ1n) is 10.4. The number of nitrogens with one attached hydrogen (secondary N) is 2. The highest BCUT2D eigenvalue weighted by Crippen LogP contribution is 2.40. The van der Waals surface area contributed by atoms with E-state index in [1.807, 2.05) is 19.2 Å². The van der Waals surface area contributed by atoms with Gasteiger partial charge in [0, 0.05) is 31.9 Å². The molecule has 5 rings (SSSR count). The standard InChI is InChI=1S/C22H25FN6OS/c1-11(2)18-19(13-5-12(3)21-25-10-26-29(21)9-13)27-15-6-17(31-20(15)18)22(30)28(4)16-8-24-7-14(16)23/h5-6,9-11,14,16,24,27H,7-8H2,1-4H3/t14-,16-/m1/s1. The van der Waals surface area contributed by atoms with Crippen molar-refractivity contribution in [2.24, 2.45) is 0 Å². The van der Waals surface area contributed by atoms with Gasteiger partial charge in [0.05, 0.1) is 26.8 Å². The third-order valence-corrected chi connectivity index (χ3v) is 7.23. The number of halogens is 1. The first kappa shape index (κ1) is 20.1. The van der Waals surface area contributed by atoms with Crippen LogP contribution in [0.25, 0.3) is 27.1 Å². The predicted octanol–water partition coefficient (Wildman–Crippen LogP) is 3.75. The number of carbonyl (C=O) groups is 1. The van der Waals surface area contributed by atoms with Gasteiger partial charge < -0.3 is 15.2 Å². The molecule has 5 heterocycles. The van der Waals surface area contributed by atoms with Crippen LogP contribution in [0.15, 0.2) is 24.7 Å². The number of aromatic nitrogens is 4. The number of pyridine rings is 1. The summed E-state index contributed by atoms with van der Waals surface area (Å²) < 4.78 is 17.0. The molecule has 162 valence electrons. The molecule has 0 bridgehead atoms. The fourth-order valence-corrected chi connectivity index (χ4v) is 5.75. The van der Waals surface area contributed by atoms with E-state index >= 15 is 0 Å². The molecule has 9 heteroatoms. The van der Waals surface area contributed by atoms with Gasteiger partial charge in [0.25, 0.3) is 5.91 Å². The molecule has 7 nitrogen and oxygen atoms in total. The van der Waals surface area contributed by atoms with Crippen molar-refractivity contribution in [1.29, 1.82) is 0 Å². The number of hydrogen-bond donors (Lipinski definition) is 2. The number of aromatic amines is 1. The van der Waals surface area contributed by atoms with Crippen molar-refractivity contribution in [3.8, 4) is 11.3 Å². The van der Waals surface area contributed by atoms with Crippen molar-refractivity contribution in [3.05, 3.63) is 40.7 Å². The topological polar surface area (TPSA) is 78.3 Å². The second kappa shape index (κ2) is 7.42. The van der Waals surface area contributed by atoms with Crippen LogP contribution in [-0.2, 0) is 0 Å². The number of hydrogen-bond acceptors (Lipinski definition) is 5. The number of fused-ring (bicyclic) bond motifs is 2. The van der Waals surface area contributed by atoms with Crippen LogP contribution >= 0.6 is 11.3 Å². The lowest BCUT2D eigenvalue weighted by atomic mass is 9.99. The third-order valence-electron chi connectivity index (χ3n) is 6.07. The van der Waals surface area contributed by atoms with Gasteiger partial charge in [-0.15, -0.1) is 11.3 Å². The summed E-state index contributed by atoms with van der Waals surface area (Å²) in [6, 6.07) is 3.58. The quantitative estimate of drug-likeness (QED) is 0.507. The fourth-order valence-electron chi connectivity index (χ4n) is 4.45. The SMILES string of the molecule is Cc1cc(-c2[nH]c3cc(C(=O)N(C)[C@@H]4CNC[C@H]4F)sc3c2C(C)C)cn2ncnc12. The second-order valence-corrected chi connectivity index (χ2v) is 9.57. The zero-order valence-corrected chi connectivity index (χ0v) is 18.8. The Labute approximate surface area is 183 Å². The molecule has 31 heavy (non-hydrogen) atoms. The molecular formula is C22H25FN6OS. The summed E-state index contributed by atoms with van der Waals surface area (Å²) in [7, 11) is 1.69. The molecule has 0 aromatic carbocycles. The summed E-state index contributed by atoms with van der Waals surface area (Å²) in [6.45, 7) is 7.11. The van der Waals surface area contributed by atoms with Gasteiger partial charge in [-0.1, -0.05) is 13.8 Å². The van der Waals surface area contributed by atoms with Gasteiger partial charge in [-0.2, -0.15) is 5.10 Å². The highest BCUT2D eigenvalue weighted by atomic mass is 32.1. The van der Waals surface area contributed by atoms with E-state index in [-0.39, 0.29) is 11.8 Å². The summed E-state index contributed by atoms with van der Waals surface area (Å²) >= 11 is 1.47. The van der Waals surface area contributed by atoms with Gasteiger partial charge in [-0.3, -0.25) is 4.79 Å². The maximum Gasteiger partial charge on any atom is 0.264 e. The van der Waals surface area contributed by atoms with Gasteiger partial charge in [-0.25, -0.2) is 13.9 Å². The van der Waals surface area contributed by atoms with E-state index in [9.17, 15) is 9.18 Å². The zero-order chi connectivity index (χ0) is 21.9. The van der Waals surface area contributed by atoms with E-state index in [4.69, 9.17) is 0 Å². The lowest BCUT2D eigenvalue weighted by Gasteiger charge is -2.24. The van der Waals surface area contributed by atoms with Gasteiger partial charge >= 0.3 is 0 Å². The largest absolute Gasteiger partial charge is 0.354 e. The number of nitrogens with zero attached hydrogens (tertiary/aromatic N) is 4. The van der Waals surface area contributed by atoms with Gasteiger partial charge in [-0.05, 0) is 36.1 Å². The van der Waals surface area contributed by atoms with Crippen molar-refractivity contribution in [2.45, 2.75) is 38.9 Å². The summed E-state index contributed by atoms with van der Waals surface area (Å²) in [6.07, 6.45) is 2.50. The first-order chi connectivity index (χ1) is 14.8. The van der Waals surface area contributed by atoms with Crippen LogP contribution in [0, 0.1) is 6.92 Å². The molecule has 4 aromatic rings. The van der Waals surface area contributed by atoms with Crippen LogP contribution in [0.3, 0.4) is 0 Å². The van der Waals surface area contributed by atoms with Crippen molar-refractivity contribution in [1.82, 2.24) is 29.8 Å². The second-order valence-electron chi connectivity index (χ2n) is 8.52. The summed E-state index contributed by atoms with van der Waals surface area (Å²) in [5, 5.41) is 7.30. The molecule has 1 aliphatic rings. The molecule has 1 saturated heterocycles. The zero-order valence-electron chi connectivity index (χ0n) is 17.9. The average molecular weight is 441 g/mol. The van der Waals surface area contributed by atoms with E-state index in [0.717, 1.165) is 32.7 Å². The minimum Gasteiger partial charge on any atom is -0.354 e. The van der Waals surface area contributed by atoms with Gasteiger partial charge in [0.15, 0.2) is 5.65 Å². The Hall–Kier alpha value is -2.78. The minimum atomic E-state index is -1.04. The van der Waals surface area contributed by atoms with Crippen LogP contribution in [0.1, 0.15) is 40.6 Å². The number of rotatable bonds is 4. The number of carbonyl (C=O) groups excluding carboxylic acids is 1. The molecule has 0 unspecified atom stereocenters. The van der Waals surface area contributed by atoms with Crippen LogP contribution in [0.5, 0.6) is 0 Å². The molecule has 0 radical (unpaired) electrons. The van der Waals surface area contributed by atoms with Crippen molar-refractivity contribution >= 4 is 33.1 Å². The predicted molar refractivity (Wildman–Crippen MR) is 121 cm³/mol. The number of thiophene rings is 1. The third kappa shape index (κ3) is 3.23. The number of H-pyrrole nitrogens is 1. The highest BCUT2D eigenvalue weighted by Gasteiger charge is 2.34. The van der Waals surface area contributed by atoms with E-state index in [2.05, 4.69) is 40.3 Å². The van der Waals surface area contributed by atoms with Crippen LogP contribution in [-0.4, -0.2) is 62.7 Å². The van der Waals surface area contributed by atoms with Gasteiger partial charge in [0.2, 0.25) is 0 Å². The van der Waals surface area contributed by atoms with Crippen LogP contribution < -0.4 is 5.32 Å². The number of likely N-dealkylation sites (N-methyl/N-ethyl adjacent to an activating group) is 1. The van der Waals surface area contributed by atoms with Crippen molar-refractivity contribution < 1.29 is 9.18 Å². The monoisotopic (exact) mass is 440 g/mol. The molecular weight excluding hydrogens is 415 g/mol. The molecule has 4 aromatic heterocycles. The Morgan fingerprint density at radius 3 is 2.87 bits per heavy atom. The van der Waals surface area contributed by atoms with Gasteiger partial charge in [0.1, 0.15) is 12.5 Å². The van der Waals surface area contributed by atoms with Crippen molar-refractivity contribution in [3.63, 3.8) is 0 Å². The Balaban J connectivity index is 1.56. The Morgan fingerprint density at radius 2 is 2.16 bits per heavy atom. The maximum atomic E-state index is 14.1. The Kier molecular flexibility index (Phi) is 4.82. The molecule has 0 spiro atoms. The molecule has 0 saturated carbocycles. The molecule has 1 aliphatic heterocycles. The normalized spacial score (nSPS) is 19.2. The lowest BCUT2D eigenvalue weighted by Crippen LogP contribution is -2.42. The number of amides is 1. The molecule has 1 amide bonds. The van der Waals surface area contributed by atoms with E-state index in [1.165, 1.54) is 21.8 Å². The number of alkyl halides is 1. The van der Waals surface area contributed by atoms with E-state index in [0.29, 0.717) is 18.0 Å². The first-order valence-corrected chi connectivity index (χ1v) is 11.2. The Morgan fingerprint density at radius 1 is 1.35 bits per heavy atom. The highest BCUT2D eigenvalue weighted by molar-refractivity contribution is 7.21. The van der Waals surface area contributed by atoms with Crippen LogP contribution in [0.4, 0.5) is 4.39 Å². The van der Waals surface area contributed by atoms with Crippen molar-refractivity contribution in [2.75, 3.05) is 20.1 Å². The number of aryl methyl sites for hydroxylation is 1. The van der Waals surface area contributed by atoms with E-state index < -0.39 is 12.2 Å². The Bertz CT molecular complexity index is 1290. The molecule has 2 N–H and O–H groups in total. The molecule has 0 aliphatic carbocycles. The molecule has 1 fully saturated rings. The van der Waals surface area contributed by atoms with E-state index in [1.54, 1.807) is 17.9 Å².